The molecule has 2 aromatic carbocycles. The molecular weight excluding hydrogens is 258 g/mol. The summed E-state index contributed by atoms with van der Waals surface area (Å²) in [5.41, 5.74) is 5.23. The molecule has 0 spiro atoms. The Hall–Kier alpha value is -1.80. The number of ether oxygens (including phenoxy) is 1. The molecule has 0 aliphatic heterocycles. The molecule has 0 amide bonds. The molecule has 1 N–H and O–H groups in total. The predicted octanol–water partition coefficient (Wildman–Crippen LogP) is 4.15. The van der Waals surface area contributed by atoms with E-state index in [1.807, 2.05) is 7.05 Å². The van der Waals surface area contributed by atoms with Crippen molar-refractivity contribution >= 4 is 0 Å². The standard InChI is InChI=1S/C19H23NO/c1-13-4-5-14(2)18(12-13)19(20-3)15-6-8-16(9-7-15)21-17-10-11-17/h4-9,12,17,19-20H,10-11H2,1-3H3. The molecule has 1 saturated carbocycles. The zero-order valence-corrected chi connectivity index (χ0v) is 13.0. The number of nitrogens with one attached hydrogen (secondary N) is 1. The Morgan fingerprint density at radius 2 is 1.76 bits per heavy atom. The largest absolute Gasteiger partial charge is 0.490 e. The first kappa shape index (κ1) is 14.2. The van der Waals surface area contributed by atoms with E-state index in [0.717, 1.165) is 5.75 Å². The molecule has 1 atom stereocenters. The van der Waals surface area contributed by atoms with E-state index in [1.165, 1.54) is 35.1 Å². The summed E-state index contributed by atoms with van der Waals surface area (Å²) >= 11 is 0. The van der Waals surface area contributed by atoms with Crippen molar-refractivity contribution in [2.24, 2.45) is 0 Å². The average molecular weight is 281 g/mol. The van der Waals surface area contributed by atoms with Gasteiger partial charge in [0.1, 0.15) is 5.75 Å². The Balaban J connectivity index is 1.86. The van der Waals surface area contributed by atoms with Gasteiger partial charge in [0.25, 0.3) is 0 Å². The van der Waals surface area contributed by atoms with Gasteiger partial charge in [-0.15, -0.1) is 0 Å². The van der Waals surface area contributed by atoms with E-state index in [2.05, 4.69) is 61.6 Å². The number of aryl methyl sites for hydroxylation is 2. The molecule has 2 nitrogen and oxygen atoms in total. The summed E-state index contributed by atoms with van der Waals surface area (Å²) in [5, 5.41) is 3.43. The first-order chi connectivity index (χ1) is 10.2. The molecule has 0 heterocycles. The minimum atomic E-state index is 0.222. The second-order valence-corrected chi connectivity index (χ2v) is 5.97. The molecule has 2 heteroatoms. The first-order valence-corrected chi connectivity index (χ1v) is 7.68. The van der Waals surface area contributed by atoms with Gasteiger partial charge in [-0.1, -0.05) is 35.9 Å². The van der Waals surface area contributed by atoms with Crippen LogP contribution in [0.1, 0.15) is 41.1 Å². The van der Waals surface area contributed by atoms with Crippen LogP contribution in [0.15, 0.2) is 42.5 Å². The lowest BCUT2D eigenvalue weighted by Gasteiger charge is -2.20. The lowest BCUT2D eigenvalue weighted by molar-refractivity contribution is 0.303. The van der Waals surface area contributed by atoms with E-state index in [-0.39, 0.29) is 6.04 Å². The molecule has 0 saturated heterocycles. The van der Waals surface area contributed by atoms with Crippen LogP contribution < -0.4 is 10.1 Å². The van der Waals surface area contributed by atoms with Gasteiger partial charge in [0.05, 0.1) is 12.1 Å². The SMILES string of the molecule is CNC(c1ccc(OC2CC2)cc1)c1cc(C)ccc1C. The maximum atomic E-state index is 5.82. The van der Waals surface area contributed by atoms with Crippen molar-refractivity contribution in [2.75, 3.05) is 7.05 Å². The van der Waals surface area contributed by atoms with Crippen LogP contribution in [-0.4, -0.2) is 13.2 Å². The van der Waals surface area contributed by atoms with Crippen molar-refractivity contribution < 1.29 is 4.74 Å². The molecule has 1 unspecified atom stereocenters. The lowest BCUT2D eigenvalue weighted by Crippen LogP contribution is -2.18. The fourth-order valence-electron chi connectivity index (χ4n) is 2.69. The second kappa shape index (κ2) is 5.90. The van der Waals surface area contributed by atoms with Crippen molar-refractivity contribution in [3.05, 3.63) is 64.7 Å². The summed E-state index contributed by atoms with van der Waals surface area (Å²) in [4.78, 5) is 0. The summed E-state index contributed by atoms with van der Waals surface area (Å²) in [6, 6.07) is 15.4. The van der Waals surface area contributed by atoms with Crippen molar-refractivity contribution in [1.82, 2.24) is 5.32 Å². The van der Waals surface area contributed by atoms with Gasteiger partial charge in [-0.05, 0) is 62.6 Å². The highest BCUT2D eigenvalue weighted by Gasteiger charge is 2.23. The zero-order chi connectivity index (χ0) is 14.8. The van der Waals surface area contributed by atoms with Crippen LogP contribution in [-0.2, 0) is 0 Å². The van der Waals surface area contributed by atoms with Crippen molar-refractivity contribution in [2.45, 2.75) is 38.8 Å². The molecule has 1 aliphatic rings. The number of rotatable bonds is 5. The van der Waals surface area contributed by atoms with E-state index in [0.29, 0.717) is 6.10 Å². The Morgan fingerprint density at radius 3 is 2.38 bits per heavy atom. The number of hydrogen-bond acceptors (Lipinski definition) is 2. The Labute approximate surface area is 127 Å². The third kappa shape index (κ3) is 3.27. The molecule has 0 aromatic heterocycles. The Bertz CT molecular complexity index is 614. The highest BCUT2D eigenvalue weighted by Crippen LogP contribution is 2.30. The highest BCUT2D eigenvalue weighted by atomic mass is 16.5. The third-order valence-corrected chi connectivity index (χ3v) is 4.07. The fourth-order valence-corrected chi connectivity index (χ4v) is 2.69. The molecular formula is C19H23NO. The zero-order valence-electron chi connectivity index (χ0n) is 13.0. The van der Waals surface area contributed by atoms with Gasteiger partial charge in [-0.25, -0.2) is 0 Å². The number of benzene rings is 2. The van der Waals surface area contributed by atoms with E-state index in [4.69, 9.17) is 4.74 Å². The average Bonchev–Trinajstić information content (AvgIpc) is 3.29. The van der Waals surface area contributed by atoms with Crippen LogP contribution >= 0.6 is 0 Å². The molecule has 1 aliphatic carbocycles. The predicted molar refractivity (Wildman–Crippen MR) is 86.9 cm³/mol. The van der Waals surface area contributed by atoms with E-state index >= 15 is 0 Å². The van der Waals surface area contributed by atoms with E-state index in [9.17, 15) is 0 Å². The molecule has 3 rings (SSSR count). The molecule has 1 fully saturated rings. The van der Waals surface area contributed by atoms with Gasteiger partial charge >= 0.3 is 0 Å². The summed E-state index contributed by atoms with van der Waals surface area (Å²) < 4.78 is 5.82. The lowest BCUT2D eigenvalue weighted by atomic mass is 9.93. The summed E-state index contributed by atoms with van der Waals surface area (Å²) in [5.74, 6) is 0.983. The number of hydrogen-bond donors (Lipinski definition) is 1. The molecule has 2 aromatic rings. The van der Waals surface area contributed by atoms with Gasteiger partial charge in [0.15, 0.2) is 0 Å². The minimum absolute atomic E-state index is 0.222. The van der Waals surface area contributed by atoms with Crippen LogP contribution in [0.3, 0.4) is 0 Å². The van der Waals surface area contributed by atoms with Crippen LogP contribution in [0, 0.1) is 13.8 Å². The van der Waals surface area contributed by atoms with Crippen LogP contribution in [0.4, 0.5) is 0 Å². The van der Waals surface area contributed by atoms with Crippen molar-refractivity contribution in [1.29, 1.82) is 0 Å². The first-order valence-electron chi connectivity index (χ1n) is 7.68. The topological polar surface area (TPSA) is 21.3 Å². The van der Waals surface area contributed by atoms with Gasteiger partial charge in [-0.3, -0.25) is 0 Å². The highest BCUT2D eigenvalue weighted by molar-refractivity contribution is 5.40. The van der Waals surface area contributed by atoms with Crippen LogP contribution in [0.2, 0.25) is 0 Å². The van der Waals surface area contributed by atoms with Gasteiger partial charge in [-0.2, -0.15) is 0 Å². The van der Waals surface area contributed by atoms with Crippen molar-refractivity contribution in [3.8, 4) is 5.75 Å². The minimum Gasteiger partial charge on any atom is -0.490 e. The summed E-state index contributed by atoms with van der Waals surface area (Å²) in [6.45, 7) is 4.31. The molecule has 0 radical (unpaired) electrons. The monoisotopic (exact) mass is 281 g/mol. The van der Waals surface area contributed by atoms with Crippen molar-refractivity contribution in [3.63, 3.8) is 0 Å². The molecule has 110 valence electrons. The normalized spacial score (nSPS) is 15.8. The summed E-state index contributed by atoms with van der Waals surface area (Å²) in [6.07, 6.45) is 2.85. The van der Waals surface area contributed by atoms with Crippen LogP contribution in [0.25, 0.3) is 0 Å². The van der Waals surface area contributed by atoms with E-state index in [1.54, 1.807) is 0 Å². The Kier molecular flexibility index (Phi) is 3.98. The fraction of sp³-hybridized carbons (Fsp3) is 0.368. The van der Waals surface area contributed by atoms with E-state index < -0.39 is 0 Å². The maximum absolute atomic E-state index is 5.82. The third-order valence-electron chi connectivity index (χ3n) is 4.07. The maximum Gasteiger partial charge on any atom is 0.119 e. The quantitative estimate of drug-likeness (QED) is 0.889. The second-order valence-electron chi connectivity index (χ2n) is 5.97. The molecule has 21 heavy (non-hydrogen) atoms. The Morgan fingerprint density at radius 1 is 1.05 bits per heavy atom. The van der Waals surface area contributed by atoms with Gasteiger partial charge in [0, 0.05) is 0 Å². The van der Waals surface area contributed by atoms with Gasteiger partial charge in [0.2, 0.25) is 0 Å². The summed E-state index contributed by atoms with van der Waals surface area (Å²) in [7, 11) is 2.01. The van der Waals surface area contributed by atoms with Crippen LogP contribution in [0.5, 0.6) is 5.75 Å². The smallest absolute Gasteiger partial charge is 0.119 e. The van der Waals surface area contributed by atoms with Gasteiger partial charge < -0.3 is 10.1 Å². The molecule has 0 bridgehead atoms.